The molecule has 1 N–H and O–H groups in total. The molecular weight excluding hydrogens is 246 g/mol. The SMILES string of the molecule is CC(C(=O)O)C1CN(c2nccn(C3CC3)c2=O)C1. The van der Waals surface area contributed by atoms with Gasteiger partial charge in [-0.2, -0.15) is 0 Å². The number of hydrogen-bond acceptors (Lipinski definition) is 4. The lowest BCUT2D eigenvalue weighted by Crippen LogP contribution is -2.53. The lowest BCUT2D eigenvalue weighted by atomic mass is 9.87. The fraction of sp³-hybridized carbons (Fsp3) is 0.615. The molecule has 1 aliphatic heterocycles. The lowest BCUT2D eigenvalue weighted by molar-refractivity contribution is -0.143. The van der Waals surface area contributed by atoms with Gasteiger partial charge < -0.3 is 14.6 Å². The molecule has 6 nitrogen and oxygen atoms in total. The van der Waals surface area contributed by atoms with Crippen LogP contribution in [0, 0.1) is 11.8 Å². The van der Waals surface area contributed by atoms with Crippen LogP contribution in [0.15, 0.2) is 17.2 Å². The minimum absolute atomic E-state index is 0.0496. The number of rotatable bonds is 4. The molecule has 6 heteroatoms. The van der Waals surface area contributed by atoms with Crippen molar-refractivity contribution in [3.05, 3.63) is 22.7 Å². The molecule has 2 fully saturated rings. The predicted molar refractivity (Wildman–Crippen MR) is 69.3 cm³/mol. The molecule has 102 valence electrons. The van der Waals surface area contributed by atoms with Gasteiger partial charge in [0, 0.05) is 37.4 Å². The first-order chi connectivity index (χ1) is 9.08. The average molecular weight is 263 g/mol. The minimum atomic E-state index is -0.777. The number of hydrogen-bond donors (Lipinski definition) is 1. The summed E-state index contributed by atoms with van der Waals surface area (Å²) in [5, 5.41) is 8.95. The number of carbonyl (C=O) groups is 1. The first-order valence-corrected chi connectivity index (χ1v) is 6.63. The van der Waals surface area contributed by atoms with Gasteiger partial charge in [0.1, 0.15) is 0 Å². The van der Waals surface area contributed by atoms with E-state index in [0.717, 1.165) is 12.8 Å². The van der Waals surface area contributed by atoms with Crippen molar-refractivity contribution in [3.63, 3.8) is 0 Å². The van der Waals surface area contributed by atoms with E-state index in [1.54, 1.807) is 23.9 Å². The summed E-state index contributed by atoms with van der Waals surface area (Å²) in [6, 6.07) is 0.337. The van der Waals surface area contributed by atoms with Gasteiger partial charge in [0.25, 0.3) is 5.56 Å². The molecule has 1 saturated heterocycles. The Kier molecular flexibility index (Phi) is 2.80. The van der Waals surface area contributed by atoms with Gasteiger partial charge in [0.15, 0.2) is 5.82 Å². The van der Waals surface area contributed by atoms with E-state index in [1.807, 2.05) is 4.90 Å². The highest BCUT2D eigenvalue weighted by molar-refractivity contribution is 5.70. The van der Waals surface area contributed by atoms with E-state index < -0.39 is 5.97 Å². The molecule has 1 saturated carbocycles. The van der Waals surface area contributed by atoms with Crippen LogP contribution in [0.4, 0.5) is 5.82 Å². The number of anilines is 1. The van der Waals surface area contributed by atoms with Crippen LogP contribution in [0.1, 0.15) is 25.8 Å². The van der Waals surface area contributed by atoms with Crippen molar-refractivity contribution in [2.45, 2.75) is 25.8 Å². The smallest absolute Gasteiger partial charge is 0.306 e. The third-order valence-corrected chi connectivity index (χ3v) is 4.10. The maximum Gasteiger partial charge on any atom is 0.306 e. The van der Waals surface area contributed by atoms with E-state index in [0.29, 0.717) is 24.9 Å². The molecule has 0 aromatic carbocycles. The standard InChI is InChI=1S/C13H17N3O3/c1-8(13(18)19)9-6-15(7-9)11-12(17)16(5-4-14-11)10-2-3-10/h4-5,8-10H,2-3,6-7H2,1H3,(H,18,19). The molecule has 3 rings (SSSR count). The molecule has 1 aromatic heterocycles. The zero-order chi connectivity index (χ0) is 13.6. The molecule has 0 radical (unpaired) electrons. The molecule has 2 aliphatic rings. The second-order valence-electron chi connectivity index (χ2n) is 5.49. The monoisotopic (exact) mass is 263 g/mol. The molecule has 1 aliphatic carbocycles. The van der Waals surface area contributed by atoms with Crippen LogP contribution < -0.4 is 10.5 Å². The van der Waals surface area contributed by atoms with Gasteiger partial charge in [-0.1, -0.05) is 6.92 Å². The highest BCUT2D eigenvalue weighted by Crippen LogP contribution is 2.34. The molecule has 0 spiro atoms. The summed E-state index contributed by atoms with van der Waals surface area (Å²) in [6.07, 6.45) is 5.51. The van der Waals surface area contributed by atoms with E-state index in [2.05, 4.69) is 4.98 Å². The average Bonchev–Trinajstić information content (AvgIpc) is 3.13. The van der Waals surface area contributed by atoms with Crippen LogP contribution >= 0.6 is 0 Å². The summed E-state index contributed by atoms with van der Waals surface area (Å²) < 4.78 is 1.75. The van der Waals surface area contributed by atoms with Crippen LogP contribution in [0.25, 0.3) is 0 Å². The van der Waals surface area contributed by atoms with Gasteiger partial charge in [-0.05, 0) is 12.8 Å². The Hall–Kier alpha value is -1.85. The number of aliphatic carboxylic acids is 1. The molecule has 0 amide bonds. The summed E-state index contributed by atoms with van der Waals surface area (Å²) in [4.78, 5) is 29.2. The lowest BCUT2D eigenvalue weighted by Gasteiger charge is -2.41. The summed E-state index contributed by atoms with van der Waals surface area (Å²) in [5.41, 5.74) is -0.0496. The van der Waals surface area contributed by atoms with Gasteiger partial charge in [0.2, 0.25) is 0 Å². The topological polar surface area (TPSA) is 75.4 Å². The molecule has 0 bridgehead atoms. The van der Waals surface area contributed by atoms with Crippen molar-refractivity contribution in [1.29, 1.82) is 0 Å². The largest absolute Gasteiger partial charge is 0.481 e. The molecular formula is C13H17N3O3. The van der Waals surface area contributed by atoms with Crippen molar-refractivity contribution in [1.82, 2.24) is 9.55 Å². The minimum Gasteiger partial charge on any atom is -0.481 e. The van der Waals surface area contributed by atoms with Gasteiger partial charge in [-0.15, -0.1) is 0 Å². The maximum absolute atomic E-state index is 12.2. The highest BCUT2D eigenvalue weighted by atomic mass is 16.4. The first kappa shape index (κ1) is 12.2. The van der Waals surface area contributed by atoms with Crippen LogP contribution in [-0.4, -0.2) is 33.7 Å². The second kappa shape index (κ2) is 4.36. The Morgan fingerprint density at radius 2 is 2.16 bits per heavy atom. The van der Waals surface area contributed by atoms with Gasteiger partial charge in [-0.25, -0.2) is 4.98 Å². The van der Waals surface area contributed by atoms with Crippen molar-refractivity contribution in [3.8, 4) is 0 Å². The summed E-state index contributed by atoms with van der Waals surface area (Å²) in [7, 11) is 0. The van der Waals surface area contributed by atoms with Gasteiger partial charge in [-0.3, -0.25) is 9.59 Å². The highest BCUT2D eigenvalue weighted by Gasteiger charge is 2.37. The third kappa shape index (κ3) is 2.11. The number of carboxylic acid groups (broad SMARTS) is 1. The number of aromatic nitrogens is 2. The molecule has 2 heterocycles. The first-order valence-electron chi connectivity index (χ1n) is 6.63. The maximum atomic E-state index is 12.2. The molecule has 1 atom stereocenters. The van der Waals surface area contributed by atoms with Crippen LogP contribution in [0.5, 0.6) is 0 Å². The Morgan fingerprint density at radius 1 is 1.47 bits per heavy atom. The van der Waals surface area contributed by atoms with E-state index in [-0.39, 0.29) is 17.4 Å². The summed E-state index contributed by atoms with van der Waals surface area (Å²) in [6.45, 7) is 2.92. The summed E-state index contributed by atoms with van der Waals surface area (Å²) in [5.74, 6) is -0.580. The Bertz CT molecular complexity index is 558. The van der Waals surface area contributed by atoms with Crippen molar-refractivity contribution in [2.75, 3.05) is 18.0 Å². The van der Waals surface area contributed by atoms with Crippen molar-refractivity contribution < 1.29 is 9.90 Å². The zero-order valence-electron chi connectivity index (χ0n) is 10.8. The van der Waals surface area contributed by atoms with E-state index in [4.69, 9.17) is 5.11 Å². The van der Waals surface area contributed by atoms with Crippen LogP contribution in [-0.2, 0) is 4.79 Å². The number of nitrogens with zero attached hydrogens (tertiary/aromatic N) is 3. The predicted octanol–water partition coefficient (Wildman–Crippen LogP) is 0.735. The third-order valence-electron chi connectivity index (χ3n) is 4.10. The van der Waals surface area contributed by atoms with E-state index in [1.165, 1.54) is 0 Å². The molecule has 1 aromatic rings. The van der Waals surface area contributed by atoms with Crippen LogP contribution in [0.3, 0.4) is 0 Å². The van der Waals surface area contributed by atoms with E-state index >= 15 is 0 Å². The Balaban J connectivity index is 1.74. The van der Waals surface area contributed by atoms with Crippen LogP contribution in [0.2, 0.25) is 0 Å². The number of carboxylic acids is 1. The second-order valence-corrected chi connectivity index (χ2v) is 5.49. The fourth-order valence-electron chi connectivity index (χ4n) is 2.47. The molecule has 19 heavy (non-hydrogen) atoms. The normalized spacial score (nSPS) is 21.0. The fourth-order valence-corrected chi connectivity index (χ4v) is 2.47. The Morgan fingerprint density at radius 3 is 2.74 bits per heavy atom. The zero-order valence-corrected chi connectivity index (χ0v) is 10.8. The Labute approximate surface area is 110 Å². The molecule has 1 unspecified atom stereocenters. The van der Waals surface area contributed by atoms with Crippen molar-refractivity contribution >= 4 is 11.8 Å². The summed E-state index contributed by atoms with van der Waals surface area (Å²) >= 11 is 0. The van der Waals surface area contributed by atoms with E-state index in [9.17, 15) is 9.59 Å². The van der Waals surface area contributed by atoms with Gasteiger partial charge in [0.05, 0.1) is 5.92 Å². The van der Waals surface area contributed by atoms with Crippen molar-refractivity contribution in [2.24, 2.45) is 11.8 Å². The van der Waals surface area contributed by atoms with Gasteiger partial charge >= 0.3 is 5.97 Å². The quantitative estimate of drug-likeness (QED) is 0.867.